The van der Waals surface area contributed by atoms with Gasteiger partial charge in [-0.25, -0.2) is 0 Å². The van der Waals surface area contributed by atoms with Crippen LogP contribution >= 0.6 is 11.6 Å². The van der Waals surface area contributed by atoms with Crippen LogP contribution < -0.4 is 14.9 Å². The van der Waals surface area contributed by atoms with Crippen molar-refractivity contribution < 1.29 is 18.7 Å². The predicted molar refractivity (Wildman–Crippen MR) is 148 cm³/mol. The van der Waals surface area contributed by atoms with Crippen molar-refractivity contribution in [2.45, 2.75) is 45.7 Å². The fourth-order valence-corrected chi connectivity index (χ4v) is 5.03. The van der Waals surface area contributed by atoms with Gasteiger partial charge >= 0.3 is 0 Å². The van der Waals surface area contributed by atoms with Crippen molar-refractivity contribution in [3.05, 3.63) is 104 Å². The summed E-state index contributed by atoms with van der Waals surface area (Å²) in [6.45, 7) is 4.93. The Hall–Kier alpha value is -3.77. The summed E-state index contributed by atoms with van der Waals surface area (Å²) in [7, 11) is 1.61. The van der Waals surface area contributed by atoms with Crippen LogP contribution in [0.2, 0.25) is 5.02 Å². The molecule has 196 valence electrons. The smallest absolute Gasteiger partial charge is 0.291 e. The maximum Gasteiger partial charge on any atom is 0.291 e. The summed E-state index contributed by atoms with van der Waals surface area (Å²) >= 11 is 6.35. The molecule has 1 aliphatic rings. The van der Waals surface area contributed by atoms with Crippen LogP contribution in [0.5, 0.6) is 11.5 Å². The summed E-state index contributed by atoms with van der Waals surface area (Å²) in [4.78, 5) is 29.3. The lowest BCUT2D eigenvalue weighted by atomic mass is 9.98. The molecule has 1 aliphatic heterocycles. The van der Waals surface area contributed by atoms with Crippen LogP contribution in [-0.4, -0.2) is 24.5 Å². The number of halogens is 1. The molecule has 5 rings (SSSR count). The molecule has 0 saturated heterocycles. The van der Waals surface area contributed by atoms with Gasteiger partial charge in [0.1, 0.15) is 17.1 Å². The Morgan fingerprint density at radius 1 is 0.974 bits per heavy atom. The molecule has 1 aromatic heterocycles. The summed E-state index contributed by atoms with van der Waals surface area (Å²) in [6, 6.07) is 17.8. The molecular formula is C31H30ClNO5. The Kier molecular flexibility index (Phi) is 7.43. The van der Waals surface area contributed by atoms with Crippen molar-refractivity contribution in [3.63, 3.8) is 0 Å². The van der Waals surface area contributed by atoms with Gasteiger partial charge in [0.25, 0.3) is 5.91 Å². The van der Waals surface area contributed by atoms with Crippen LogP contribution in [0, 0.1) is 6.92 Å². The molecule has 0 bridgehead atoms. The van der Waals surface area contributed by atoms with Crippen LogP contribution in [0.4, 0.5) is 0 Å². The number of methoxy groups -OCH3 is 1. The number of unbranched alkanes of at least 4 members (excludes halogenated alkanes) is 2. The minimum absolute atomic E-state index is 0.0719. The third-order valence-corrected chi connectivity index (χ3v) is 7.38. The molecular weight excluding hydrogens is 502 g/mol. The first kappa shape index (κ1) is 25.9. The average molecular weight is 532 g/mol. The van der Waals surface area contributed by atoms with Crippen LogP contribution in [-0.2, 0) is 6.54 Å². The average Bonchev–Trinajstić information content (AvgIpc) is 3.20. The SMILES string of the molecule is CCCCCOc1ccc(C2c3c(oc4cc(C)c(Cl)cc4c3=O)C(=O)N2Cc2ccc(OC)cc2)cc1. The predicted octanol–water partition coefficient (Wildman–Crippen LogP) is 7.08. The highest BCUT2D eigenvalue weighted by atomic mass is 35.5. The van der Waals surface area contributed by atoms with Gasteiger partial charge < -0.3 is 18.8 Å². The molecule has 1 unspecified atom stereocenters. The molecule has 7 heteroatoms. The van der Waals surface area contributed by atoms with E-state index in [4.69, 9.17) is 25.5 Å². The van der Waals surface area contributed by atoms with E-state index in [1.54, 1.807) is 24.1 Å². The van der Waals surface area contributed by atoms with Gasteiger partial charge in [-0.15, -0.1) is 0 Å². The normalized spacial score (nSPS) is 14.7. The van der Waals surface area contributed by atoms with Gasteiger partial charge in [-0.1, -0.05) is 55.6 Å². The van der Waals surface area contributed by atoms with Gasteiger partial charge in [-0.2, -0.15) is 0 Å². The Bertz CT molecular complexity index is 1530. The highest BCUT2D eigenvalue weighted by Crippen LogP contribution is 2.40. The van der Waals surface area contributed by atoms with E-state index in [2.05, 4.69) is 6.92 Å². The quantitative estimate of drug-likeness (QED) is 0.216. The van der Waals surface area contributed by atoms with Crippen molar-refractivity contribution in [1.82, 2.24) is 4.90 Å². The number of ether oxygens (including phenoxy) is 2. The van der Waals surface area contributed by atoms with Crippen molar-refractivity contribution >= 4 is 28.5 Å². The molecule has 3 aromatic carbocycles. The number of carbonyl (C=O) groups is 1. The highest BCUT2D eigenvalue weighted by Gasteiger charge is 2.42. The zero-order chi connectivity index (χ0) is 26.8. The number of amides is 1. The van der Waals surface area contributed by atoms with E-state index in [0.717, 1.165) is 47.5 Å². The molecule has 6 nitrogen and oxygen atoms in total. The second kappa shape index (κ2) is 10.9. The Morgan fingerprint density at radius 3 is 2.37 bits per heavy atom. The summed E-state index contributed by atoms with van der Waals surface area (Å²) < 4.78 is 17.2. The van der Waals surface area contributed by atoms with E-state index >= 15 is 0 Å². The topological polar surface area (TPSA) is 69.0 Å². The van der Waals surface area contributed by atoms with Gasteiger partial charge in [-0.05, 0) is 66.4 Å². The number of hydrogen-bond donors (Lipinski definition) is 0. The third kappa shape index (κ3) is 4.88. The second-order valence-electron chi connectivity index (χ2n) is 9.58. The Morgan fingerprint density at radius 2 is 1.68 bits per heavy atom. The van der Waals surface area contributed by atoms with E-state index in [0.29, 0.717) is 34.7 Å². The zero-order valence-electron chi connectivity index (χ0n) is 21.8. The van der Waals surface area contributed by atoms with Crippen LogP contribution in [0.15, 0.2) is 69.9 Å². The highest BCUT2D eigenvalue weighted by molar-refractivity contribution is 6.32. The number of nitrogens with zero attached hydrogens (tertiary/aromatic N) is 1. The third-order valence-electron chi connectivity index (χ3n) is 6.97. The number of benzene rings is 3. The lowest BCUT2D eigenvalue weighted by Gasteiger charge is -2.25. The first-order chi connectivity index (χ1) is 18.4. The van der Waals surface area contributed by atoms with E-state index < -0.39 is 6.04 Å². The molecule has 1 atom stereocenters. The second-order valence-corrected chi connectivity index (χ2v) is 9.99. The fourth-order valence-electron chi connectivity index (χ4n) is 4.87. The van der Waals surface area contributed by atoms with Gasteiger partial charge in [0.05, 0.1) is 30.7 Å². The molecule has 4 aromatic rings. The van der Waals surface area contributed by atoms with E-state index in [9.17, 15) is 9.59 Å². The van der Waals surface area contributed by atoms with Crippen molar-refractivity contribution in [1.29, 1.82) is 0 Å². The molecule has 0 saturated carbocycles. The molecule has 0 radical (unpaired) electrons. The maximum absolute atomic E-state index is 13.8. The summed E-state index contributed by atoms with van der Waals surface area (Å²) in [5, 5.41) is 0.838. The molecule has 0 N–H and O–H groups in total. The fraction of sp³-hybridized carbons (Fsp3) is 0.290. The van der Waals surface area contributed by atoms with E-state index in [-0.39, 0.29) is 17.1 Å². The largest absolute Gasteiger partial charge is 0.497 e. The maximum atomic E-state index is 13.8. The monoisotopic (exact) mass is 531 g/mol. The van der Waals surface area contributed by atoms with Crippen molar-refractivity contribution in [2.24, 2.45) is 0 Å². The van der Waals surface area contributed by atoms with Crippen molar-refractivity contribution in [2.75, 3.05) is 13.7 Å². The molecule has 0 fully saturated rings. The van der Waals surface area contributed by atoms with Crippen LogP contribution in [0.1, 0.15) is 65.0 Å². The Balaban J connectivity index is 1.57. The lowest BCUT2D eigenvalue weighted by molar-refractivity contribution is 0.0714. The Labute approximate surface area is 226 Å². The lowest BCUT2D eigenvalue weighted by Crippen LogP contribution is -2.29. The molecule has 2 heterocycles. The summed E-state index contributed by atoms with van der Waals surface area (Å²) in [5.41, 5.74) is 2.91. The standard InChI is InChI=1S/C31H30ClNO5/c1-4-5-6-15-37-23-13-9-21(10-14-23)28-27-29(34)24-17-25(32)19(2)16-26(24)38-30(27)31(35)33(28)18-20-7-11-22(36-3)12-8-20/h7-14,16-17,28H,4-6,15,18H2,1-3H3. The number of rotatable bonds is 9. The van der Waals surface area contributed by atoms with Gasteiger partial charge in [0.15, 0.2) is 5.43 Å². The minimum atomic E-state index is -0.616. The number of carbonyl (C=O) groups excluding carboxylic acids is 1. The van der Waals surface area contributed by atoms with Gasteiger partial charge in [0.2, 0.25) is 5.76 Å². The van der Waals surface area contributed by atoms with Crippen LogP contribution in [0.3, 0.4) is 0 Å². The van der Waals surface area contributed by atoms with Gasteiger partial charge in [-0.3, -0.25) is 9.59 Å². The first-order valence-electron chi connectivity index (χ1n) is 12.8. The minimum Gasteiger partial charge on any atom is -0.497 e. The molecule has 0 spiro atoms. The van der Waals surface area contributed by atoms with Crippen LogP contribution in [0.25, 0.3) is 11.0 Å². The molecule has 38 heavy (non-hydrogen) atoms. The molecule has 1 amide bonds. The zero-order valence-corrected chi connectivity index (χ0v) is 22.5. The summed E-state index contributed by atoms with van der Waals surface area (Å²) in [6.07, 6.45) is 3.24. The first-order valence-corrected chi connectivity index (χ1v) is 13.2. The summed E-state index contributed by atoms with van der Waals surface area (Å²) in [5.74, 6) is 1.23. The van der Waals surface area contributed by atoms with E-state index in [1.807, 2.05) is 55.5 Å². The number of hydrogen-bond acceptors (Lipinski definition) is 5. The molecule has 0 aliphatic carbocycles. The number of aryl methyl sites for hydroxylation is 1. The van der Waals surface area contributed by atoms with Crippen molar-refractivity contribution in [3.8, 4) is 11.5 Å². The van der Waals surface area contributed by atoms with E-state index in [1.165, 1.54) is 0 Å². The van der Waals surface area contributed by atoms with Gasteiger partial charge in [0, 0.05) is 11.6 Å². The number of fused-ring (bicyclic) bond motifs is 2.